The minimum atomic E-state index is 0.829. The average molecular weight is 228 g/mol. The van der Waals surface area contributed by atoms with Gasteiger partial charge in [0, 0.05) is 19.1 Å². The van der Waals surface area contributed by atoms with Gasteiger partial charge in [-0.25, -0.2) is 0 Å². The summed E-state index contributed by atoms with van der Waals surface area (Å²) in [5.74, 6) is 3.77. The van der Waals surface area contributed by atoms with E-state index in [1.54, 1.807) is 0 Å². The molecule has 0 spiro atoms. The van der Waals surface area contributed by atoms with Gasteiger partial charge >= 0.3 is 0 Å². The van der Waals surface area contributed by atoms with E-state index >= 15 is 0 Å². The topological polar surface area (TPSA) is 15.3 Å². The Morgan fingerprint density at radius 1 is 1.40 bits per heavy atom. The first-order valence-electron chi connectivity index (χ1n) is 6.42. The molecule has 0 aliphatic carbocycles. The zero-order valence-electron chi connectivity index (χ0n) is 9.87. The standard InChI is InChI=1S/C12H24N2S/c1-2-6-14(12-3-5-13-8-12)9-11-4-7-15-10-11/h11-13H,2-10H2,1H3. The van der Waals surface area contributed by atoms with E-state index in [0.29, 0.717) is 0 Å². The van der Waals surface area contributed by atoms with Gasteiger partial charge in [-0.1, -0.05) is 6.92 Å². The molecule has 2 nitrogen and oxygen atoms in total. The molecule has 2 unspecified atom stereocenters. The van der Waals surface area contributed by atoms with Gasteiger partial charge in [-0.3, -0.25) is 4.90 Å². The van der Waals surface area contributed by atoms with E-state index in [-0.39, 0.29) is 0 Å². The fourth-order valence-electron chi connectivity index (χ4n) is 2.72. The van der Waals surface area contributed by atoms with Gasteiger partial charge in [-0.2, -0.15) is 11.8 Å². The van der Waals surface area contributed by atoms with Crippen LogP contribution in [0.3, 0.4) is 0 Å². The first kappa shape index (κ1) is 11.7. The second-order valence-corrected chi connectivity index (χ2v) is 6.02. The van der Waals surface area contributed by atoms with Crippen LogP contribution >= 0.6 is 11.8 Å². The predicted molar refractivity (Wildman–Crippen MR) is 68.6 cm³/mol. The quantitative estimate of drug-likeness (QED) is 0.773. The Balaban J connectivity index is 1.81. The lowest BCUT2D eigenvalue weighted by Gasteiger charge is -2.30. The summed E-state index contributed by atoms with van der Waals surface area (Å²) in [6, 6.07) is 0.829. The molecule has 2 atom stereocenters. The van der Waals surface area contributed by atoms with Crippen molar-refractivity contribution in [3.05, 3.63) is 0 Å². The van der Waals surface area contributed by atoms with Crippen LogP contribution in [0.15, 0.2) is 0 Å². The molecule has 2 heterocycles. The van der Waals surface area contributed by atoms with Gasteiger partial charge in [0.05, 0.1) is 0 Å². The summed E-state index contributed by atoms with van der Waals surface area (Å²) in [4.78, 5) is 2.75. The van der Waals surface area contributed by atoms with E-state index < -0.39 is 0 Å². The molecule has 3 heteroatoms. The second-order valence-electron chi connectivity index (χ2n) is 4.87. The molecular formula is C12H24N2S. The van der Waals surface area contributed by atoms with Gasteiger partial charge in [0.25, 0.3) is 0 Å². The van der Waals surface area contributed by atoms with Crippen molar-refractivity contribution < 1.29 is 0 Å². The molecule has 0 aromatic carbocycles. The van der Waals surface area contributed by atoms with Crippen LogP contribution < -0.4 is 5.32 Å². The largest absolute Gasteiger partial charge is 0.315 e. The summed E-state index contributed by atoms with van der Waals surface area (Å²) in [5, 5.41) is 3.49. The number of thioether (sulfide) groups is 1. The van der Waals surface area contributed by atoms with E-state index in [2.05, 4.69) is 28.9 Å². The van der Waals surface area contributed by atoms with Crippen molar-refractivity contribution in [3.63, 3.8) is 0 Å². The van der Waals surface area contributed by atoms with Crippen molar-refractivity contribution in [2.75, 3.05) is 37.7 Å². The third-order valence-electron chi connectivity index (χ3n) is 3.58. The summed E-state index contributed by atoms with van der Waals surface area (Å²) in [6.45, 7) is 7.41. The van der Waals surface area contributed by atoms with E-state index in [9.17, 15) is 0 Å². The van der Waals surface area contributed by atoms with Gasteiger partial charge in [-0.15, -0.1) is 0 Å². The first-order valence-corrected chi connectivity index (χ1v) is 7.58. The predicted octanol–water partition coefficient (Wildman–Crippen LogP) is 1.81. The summed E-state index contributed by atoms with van der Waals surface area (Å²) >= 11 is 2.14. The van der Waals surface area contributed by atoms with Gasteiger partial charge < -0.3 is 5.32 Å². The zero-order valence-corrected chi connectivity index (χ0v) is 10.7. The van der Waals surface area contributed by atoms with Crippen molar-refractivity contribution in [1.82, 2.24) is 10.2 Å². The Bertz CT molecular complexity index is 174. The second kappa shape index (κ2) is 6.12. The third-order valence-corrected chi connectivity index (χ3v) is 4.81. The van der Waals surface area contributed by atoms with Crippen molar-refractivity contribution in [2.24, 2.45) is 5.92 Å². The molecule has 0 radical (unpaired) electrons. The van der Waals surface area contributed by atoms with Crippen LogP contribution in [0.1, 0.15) is 26.2 Å². The number of hydrogen-bond acceptors (Lipinski definition) is 3. The molecular weight excluding hydrogens is 204 g/mol. The summed E-state index contributed by atoms with van der Waals surface area (Å²) in [6.07, 6.45) is 4.11. The van der Waals surface area contributed by atoms with Crippen molar-refractivity contribution in [1.29, 1.82) is 0 Å². The zero-order chi connectivity index (χ0) is 10.5. The molecule has 88 valence electrons. The van der Waals surface area contributed by atoms with Crippen LogP contribution in [0, 0.1) is 5.92 Å². The Morgan fingerprint density at radius 3 is 2.93 bits per heavy atom. The van der Waals surface area contributed by atoms with Crippen molar-refractivity contribution in [3.8, 4) is 0 Å². The highest BCUT2D eigenvalue weighted by Gasteiger charge is 2.25. The van der Waals surface area contributed by atoms with Gasteiger partial charge in [-0.05, 0) is 49.8 Å². The molecule has 2 fully saturated rings. The van der Waals surface area contributed by atoms with Crippen molar-refractivity contribution in [2.45, 2.75) is 32.2 Å². The molecule has 1 N–H and O–H groups in total. The van der Waals surface area contributed by atoms with Gasteiger partial charge in [0.15, 0.2) is 0 Å². The number of nitrogens with one attached hydrogen (secondary N) is 1. The lowest BCUT2D eigenvalue weighted by atomic mass is 10.1. The maximum absolute atomic E-state index is 3.49. The summed E-state index contributed by atoms with van der Waals surface area (Å²) in [7, 11) is 0. The number of nitrogens with zero attached hydrogens (tertiary/aromatic N) is 1. The molecule has 0 saturated carbocycles. The van der Waals surface area contributed by atoms with Crippen LogP contribution in [-0.4, -0.2) is 48.6 Å². The molecule has 0 aromatic heterocycles. The van der Waals surface area contributed by atoms with Crippen LogP contribution in [0.4, 0.5) is 0 Å². The normalized spacial score (nSPS) is 31.6. The van der Waals surface area contributed by atoms with Crippen LogP contribution in [-0.2, 0) is 0 Å². The molecule has 0 amide bonds. The summed E-state index contributed by atoms with van der Waals surface area (Å²) < 4.78 is 0. The van der Waals surface area contributed by atoms with Crippen molar-refractivity contribution >= 4 is 11.8 Å². The van der Waals surface area contributed by atoms with Crippen LogP contribution in [0.25, 0.3) is 0 Å². The van der Waals surface area contributed by atoms with E-state index in [4.69, 9.17) is 0 Å². The van der Waals surface area contributed by atoms with Crippen LogP contribution in [0.5, 0.6) is 0 Å². The van der Waals surface area contributed by atoms with Gasteiger partial charge in [0.2, 0.25) is 0 Å². The van der Waals surface area contributed by atoms with E-state index in [0.717, 1.165) is 12.0 Å². The molecule has 0 bridgehead atoms. The average Bonchev–Trinajstić information content (AvgIpc) is 2.89. The molecule has 2 aliphatic rings. The molecule has 2 aliphatic heterocycles. The Morgan fingerprint density at radius 2 is 2.33 bits per heavy atom. The fourth-order valence-corrected chi connectivity index (χ4v) is 3.99. The lowest BCUT2D eigenvalue weighted by molar-refractivity contribution is 0.183. The lowest BCUT2D eigenvalue weighted by Crippen LogP contribution is -2.40. The molecule has 2 saturated heterocycles. The fraction of sp³-hybridized carbons (Fsp3) is 1.00. The Labute approximate surface area is 98.2 Å². The van der Waals surface area contributed by atoms with Crippen LogP contribution in [0.2, 0.25) is 0 Å². The summed E-state index contributed by atoms with van der Waals surface area (Å²) in [5.41, 5.74) is 0. The smallest absolute Gasteiger partial charge is 0.0232 e. The van der Waals surface area contributed by atoms with E-state index in [1.807, 2.05) is 0 Å². The highest BCUT2D eigenvalue weighted by atomic mass is 32.2. The number of hydrogen-bond donors (Lipinski definition) is 1. The Hall–Kier alpha value is 0.270. The Kier molecular flexibility index (Phi) is 4.79. The third kappa shape index (κ3) is 3.36. The molecule has 0 aromatic rings. The minimum Gasteiger partial charge on any atom is -0.315 e. The molecule has 15 heavy (non-hydrogen) atoms. The SMILES string of the molecule is CCCN(CC1CCSC1)C1CCNC1. The molecule has 2 rings (SSSR count). The monoisotopic (exact) mass is 228 g/mol. The minimum absolute atomic E-state index is 0.829. The number of rotatable bonds is 5. The van der Waals surface area contributed by atoms with Gasteiger partial charge in [0.1, 0.15) is 0 Å². The maximum atomic E-state index is 3.49. The maximum Gasteiger partial charge on any atom is 0.0232 e. The first-order chi connectivity index (χ1) is 7.40. The highest BCUT2D eigenvalue weighted by Crippen LogP contribution is 2.25. The van der Waals surface area contributed by atoms with E-state index in [1.165, 1.54) is 56.9 Å². The highest BCUT2D eigenvalue weighted by molar-refractivity contribution is 7.99.